The molecule has 6 nitrogen and oxygen atoms in total. The van der Waals surface area contributed by atoms with Gasteiger partial charge in [-0.1, -0.05) is 0 Å². The van der Waals surface area contributed by atoms with Gasteiger partial charge in [-0.25, -0.2) is 0 Å². The number of nitrogens with zero attached hydrogens (tertiary/aromatic N) is 6. The Morgan fingerprint density at radius 2 is 1.23 bits per heavy atom. The van der Waals surface area contributed by atoms with Crippen molar-refractivity contribution in [3.63, 3.8) is 0 Å². The molecule has 0 amide bonds. The van der Waals surface area contributed by atoms with E-state index in [1.54, 1.807) is 0 Å². The number of rotatable bonds is 0. The third-order valence-electron chi connectivity index (χ3n) is 4.76. The number of fused-ring (bicyclic) bond motifs is 7. The van der Waals surface area contributed by atoms with Crippen LogP contribution in [0.25, 0.3) is 57.2 Å². The molecule has 0 fully saturated rings. The average molecular weight is 512 g/mol. The van der Waals surface area contributed by atoms with Gasteiger partial charge in [0.15, 0.2) is 0 Å². The summed E-state index contributed by atoms with van der Waals surface area (Å²) in [5.74, 6) is 0. The maximum absolute atomic E-state index is 9.18. The summed E-state index contributed by atoms with van der Waals surface area (Å²) in [6, 6.07) is 17.9. The molecule has 2 heterocycles. The van der Waals surface area contributed by atoms with E-state index in [-0.39, 0.29) is 40.3 Å². The normalized spacial score (nSPS) is 11.7. The summed E-state index contributed by atoms with van der Waals surface area (Å²) in [5, 5.41) is 31.9. The van der Waals surface area contributed by atoms with E-state index in [1.807, 2.05) is 42.5 Å². The van der Waals surface area contributed by atoms with Crippen molar-refractivity contribution in [2.24, 2.45) is 0 Å². The molecule has 0 aliphatic carbocycles. The molecule has 30 heavy (non-hydrogen) atoms. The predicted octanol–water partition coefficient (Wildman–Crippen LogP) is 1.95. The molecule has 0 N–H and O–H groups in total. The van der Waals surface area contributed by atoms with Crippen LogP contribution >= 0.6 is 0 Å². The Kier molecular flexibility index (Phi) is 4.24. The molecule has 0 bridgehead atoms. The standard InChI is InChI=1S/C22H6N6Se2/c1-26-18(10-25)22-28-17-7-5-13-12-4-6-16-19(29-21(27-16)11(8-23)9-24)14(12)2-3-15(13)20(17)30-22/h2-7H/b22-18+. The van der Waals surface area contributed by atoms with Crippen molar-refractivity contribution in [3.05, 3.63) is 56.3 Å². The van der Waals surface area contributed by atoms with E-state index in [0.717, 1.165) is 41.1 Å². The molecule has 8 heteroatoms. The fourth-order valence-corrected chi connectivity index (χ4v) is 7.78. The summed E-state index contributed by atoms with van der Waals surface area (Å²) in [6.07, 6.45) is 0. The van der Waals surface area contributed by atoms with Crippen LogP contribution in [0.5, 0.6) is 0 Å². The van der Waals surface area contributed by atoms with Crippen molar-refractivity contribution < 1.29 is 0 Å². The summed E-state index contributed by atoms with van der Waals surface area (Å²) >= 11 is -0.398. The van der Waals surface area contributed by atoms with Gasteiger partial charge in [0.2, 0.25) is 0 Å². The number of hydrogen-bond donors (Lipinski definition) is 0. The van der Waals surface area contributed by atoms with E-state index < -0.39 is 0 Å². The van der Waals surface area contributed by atoms with Gasteiger partial charge in [-0.2, -0.15) is 0 Å². The molecule has 0 spiro atoms. The summed E-state index contributed by atoms with van der Waals surface area (Å²) in [7, 11) is 0. The van der Waals surface area contributed by atoms with Crippen molar-refractivity contribution >= 4 is 81.4 Å². The molecule has 0 saturated carbocycles. The fraction of sp³-hybridized carbons (Fsp3) is 0. The van der Waals surface area contributed by atoms with Crippen molar-refractivity contribution in [2.75, 3.05) is 0 Å². The van der Waals surface area contributed by atoms with Gasteiger partial charge in [0.05, 0.1) is 0 Å². The molecule has 0 saturated heterocycles. The van der Waals surface area contributed by atoms with Crippen LogP contribution < -0.4 is 8.45 Å². The molecule has 0 unspecified atom stereocenters. The van der Waals surface area contributed by atoms with Gasteiger partial charge in [-0.3, -0.25) is 0 Å². The Labute approximate surface area is 181 Å². The average Bonchev–Trinajstić information content (AvgIpc) is 3.39. The second-order valence-corrected chi connectivity index (χ2v) is 10.5. The van der Waals surface area contributed by atoms with Crippen LogP contribution in [0, 0.1) is 40.6 Å². The van der Waals surface area contributed by atoms with Gasteiger partial charge >= 0.3 is 182 Å². The van der Waals surface area contributed by atoms with E-state index >= 15 is 0 Å². The van der Waals surface area contributed by atoms with Gasteiger partial charge in [-0.05, 0) is 0 Å². The first-order chi connectivity index (χ1) is 14.7. The number of nitriles is 3. The minimum absolute atomic E-state index is 0.0624. The SMILES string of the molecule is [C-]#[N+]/C(C#N)=c1\nc2ccc3c4ccc5nc(=C(C#N)C#N)[se]c5c4ccc3c2[se]1. The quantitative estimate of drug-likeness (QED) is 0.179. The van der Waals surface area contributed by atoms with E-state index in [0.29, 0.717) is 8.45 Å². The second kappa shape index (κ2) is 6.95. The Morgan fingerprint density at radius 1 is 0.733 bits per heavy atom. The van der Waals surface area contributed by atoms with Crippen molar-refractivity contribution in [1.82, 2.24) is 9.97 Å². The van der Waals surface area contributed by atoms with Crippen LogP contribution in [0.2, 0.25) is 0 Å². The zero-order valence-electron chi connectivity index (χ0n) is 15.0. The second-order valence-electron chi connectivity index (χ2n) is 6.29. The van der Waals surface area contributed by atoms with Crippen LogP contribution in [0.15, 0.2) is 36.4 Å². The number of benzene rings is 3. The van der Waals surface area contributed by atoms with Gasteiger partial charge in [0.1, 0.15) is 0 Å². The Bertz CT molecular complexity index is 1680. The zero-order valence-corrected chi connectivity index (χ0v) is 18.4. The van der Waals surface area contributed by atoms with Crippen LogP contribution in [0.4, 0.5) is 0 Å². The Morgan fingerprint density at radius 3 is 1.73 bits per heavy atom. The molecule has 5 aromatic rings. The summed E-state index contributed by atoms with van der Waals surface area (Å²) in [5.41, 5.74) is 1.79. The topological polar surface area (TPSA) is 102 Å². The molecule has 0 atom stereocenters. The fourth-order valence-electron chi connectivity index (χ4n) is 3.44. The van der Waals surface area contributed by atoms with E-state index in [4.69, 9.17) is 6.57 Å². The van der Waals surface area contributed by atoms with Crippen LogP contribution in [0.1, 0.15) is 0 Å². The summed E-state index contributed by atoms with van der Waals surface area (Å²) in [4.78, 5) is 12.3. The Hall–Kier alpha value is -3.74. The molecule has 136 valence electrons. The minimum atomic E-state index is -0.202. The van der Waals surface area contributed by atoms with Gasteiger partial charge in [0.25, 0.3) is 0 Å². The first-order valence-electron chi connectivity index (χ1n) is 8.56. The zero-order chi connectivity index (χ0) is 20.8. The van der Waals surface area contributed by atoms with Gasteiger partial charge in [-0.15, -0.1) is 0 Å². The maximum atomic E-state index is 9.18. The third kappa shape index (κ3) is 2.58. The van der Waals surface area contributed by atoms with Crippen molar-refractivity contribution in [3.8, 4) is 18.2 Å². The number of aromatic nitrogens is 2. The first-order valence-corrected chi connectivity index (χ1v) is 12.0. The first kappa shape index (κ1) is 18.3. The molecule has 3 aromatic carbocycles. The van der Waals surface area contributed by atoms with Crippen molar-refractivity contribution in [1.29, 1.82) is 15.8 Å². The molecule has 0 radical (unpaired) electrons. The molecule has 0 aliphatic heterocycles. The van der Waals surface area contributed by atoms with Crippen LogP contribution in [0.3, 0.4) is 0 Å². The molecule has 2 aromatic heterocycles. The summed E-state index contributed by atoms with van der Waals surface area (Å²) in [6.45, 7) is 7.19. The molecule has 5 rings (SSSR count). The Balaban J connectivity index is 1.91. The van der Waals surface area contributed by atoms with Gasteiger partial charge in [0, 0.05) is 0 Å². The monoisotopic (exact) mass is 514 g/mol. The van der Waals surface area contributed by atoms with Crippen molar-refractivity contribution in [2.45, 2.75) is 0 Å². The third-order valence-corrected chi connectivity index (χ3v) is 9.44. The van der Waals surface area contributed by atoms with E-state index in [2.05, 4.69) is 26.9 Å². The van der Waals surface area contributed by atoms with Crippen LogP contribution in [-0.2, 0) is 0 Å². The molecule has 0 aliphatic rings. The van der Waals surface area contributed by atoms with Gasteiger partial charge < -0.3 is 0 Å². The van der Waals surface area contributed by atoms with E-state index in [1.165, 1.54) is 0 Å². The van der Waals surface area contributed by atoms with Crippen LogP contribution in [-0.4, -0.2) is 39.0 Å². The summed E-state index contributed by atoms with van der Waals surface area (Å²) < 4.78 is 3.31. The van der Waals surface area contributed by atoms with E-state index in [9.17, 15) is 15.8 Å². The molecular formula is C22H6N6Se2. The number of hydrogen-bond acceptors (Lipinski definition) is 5. The predicted molar refractivity (Wildman–Crippen MR) is 115 cm³/mol. The molecular weight excluding hydrogens is 506 g/mol.